The van der Waals surface area contributed by atoms with Crippen molar-refractivity contribution in [2.24, 2.45) is 11.8 Å². The second-order valence-corrected chi connectivity index (χ2v) is 3.97. The first-order valence-corrected chi connectivity index (χ1v) is 4.68. The van der Waals surface area contributed by atoms with Gasteiger partial charge >= 0.3 is 0 Å². The van der Waals surface area contributed by atoms with Crippen LogP contribution in [0.25, 0.3) is 0 Å². The fourth-order valence-electron chi connectivity index (χ4n) is 2.27. The summed E-state index contributed by atoms with van der Waals surface area (Å²) in [5.41, 5.74) is 0. The summed E-state index contributed by atoms with van der Waals surface area (Å²) < 4.78 is 5.44. The Balaban J connectivity index is 2.02. The monoisotopic (exact) mass is 172 g/mol. The van der Waals surface area contributed by atoms with Gasteiger partial charge in [-0.3, -0.25) is 0 Å². The standard InChI is InChI=1S/C9H16O3/c1-5-8(6-2-3-6)9(11)7(4-10)12-5/h5-11H,2-4H2,1H3. The lowest BCUT2D eigenvalue weighted by Gasteiger charge is -2.16. The molecular formula is C9H16O3. The molecular weight excluding hydrogens is 156 g/mol. The lowest BCUT2D eigenvalue weighted by atomic mass is 9.92. The summed E-state index contributed by atoms with van der Waals surface area (Å²) in [6.45, 7) is 1.93. The smallest absolute Gasteiger partial charge is 0.107 e. The number of aliphatic hydroxyl groups is 2. The predicted molar refractivity (Wildman–Crippen MR) is 43.6 cm³/mol. The van der Waals surface area contributed by atoms with Gasteiger partial charge in [0.1, 0.15) is 6.10 Å². The third kappa shape index (κ3) is 1.26. The molecule has 1 heterocycles. The number of rotatable bonds is 2. The summed E-state index contributed by atoms with van der Waals surface area (Å²) in [6.07, 6.45) is 1.76. The van der Waals surface area contributed by atoms with Crippen LogP contribution >= 0.6 is 0 Å². The van der Waals surface area contributed by atoms with Crippen molar-refractivity contribution < 1.29 is 14.9 Å². The van der Waals surface area contributed by atoms with Crippen molar-refractivity contribution in [1.82, 2.24) is 0 Å². The quantitative estimate of drug-likeness (QED) is 0.623. The highest BCUT2D eigenvalue weighted by atomic mass is 16.5. The first-order chi connectivity index (χ1) is 5.74. The topological polar surface area (TPSA) is 49.7 Å². The van der Waals surface area contributed by atoms with Crippen LogP contribution in [-0.2, 0) is 4.74 Å². The highest BCUT2D eigenvalue weighted by Gasteiger charge is 2.48. The van der Waals surface area contributed by atoms with E-state index in [4.69, 9.17) is 9.84 Å². The maximum absolute atomic E-state index is 9.74. The molecule has 1 saturated heterocycles. The molecule has 1 saturated carbocycles. The van der Waals surface area contributed by atoms with Gasteiger partial charge in [-0.25, -0.2) is 0 Å². The number of hydrogen-bond acceptors (Lipinski definition) is 3. The van der Waals surface area contributed by atoms with Crippen LogP contribution in [0.2, 0.25) is 0 Å². The Kier molecular flexibility index (Phi) is 2.10. The third-order valence-electron chi connectivity index (χ3n) is 3.05. The van der Waals surface area contributed by atoms with Crippen LogP contribution in [0.1, 0.15) is 19.8 Å². The molecule has 0 aromatic rings. The predicted octanol–water partition coefficient (Wildman–Crippen LogP) is 0.153. The molecule has 2 rings (SSSR count). The normalized spacial score (nSPS) is 48.2. The van der Waals surface area contributed by atoms with Crippen molar-refractivity contribution in [3.05, 3.63) is 0 Å². The van der Waals surface area contributed by atoms with Gasteiger partial charge in [-0.2, -0.15) is 0 Å². The molecule has 2 aliphatic rings. The minimum Gasteiger partial charge on any atom is -0.394 e. The maximum Gasteiger partial charge on any atom is 0.107 e. The Morgan fingerprint density at radius 1 is 1.42 bits per heavy atom. The van der Waals surface area contributed by atoms with Crippen LogP contribution in [-0.4, -0.2) is 35.1 Å². The molecule has 1 aliphatic heterocycles. The summed E-state index contributed by atoms with van der Waals surface area (Å²) in [7, 11) is 0. The highest BCUT2D eigenvalue weighted by molar-refractivity contribution is 4.96. The molecule has 4 unspecified atom stereocenters. The maximum atomic E-state index is 9.74. The largest absolute Gasteiger partial charge is 0.394 e. The lowest BCUT2D eigenvalue weighted by molar-refractivity contribution is -0.0171. The van der Waals surface area contributed by atoms with Crippen molar-refractivity contribution in [2.75, 3.05) is 6.61 Å². The molecule has 70 valence electrons. The van der Waals surface area contributed by atoms with Gasteiger partial charge in [-0.15, -0.1) is 0 Å². The van der Waals surface area contributed by atoms with E-state index >= 15 is 0 Å². The zero-order valence-electron chi connectivity index (χ0n) is 7.31. The molecule has 3 nitrogen and oxygen atoms in total. The van der Waals surface area contributed by atoms with E-state index in [2.05, 4.69) is 0 Å². The first kappa shape index (κ1) is 8.48. The zero-order valence-corrected chi connectivity index (χ0v) is 7.31. The van der Waals surface area contributed by atoms with E-state index in [1.54, 1.807) is 0 Å². The van der Waals surface area contributed by atoms with Gasteiger partial charge in [0.05, 0.1) is 18.8 Å². The molecule has 3 heteroatoms. The minimum absolute atomic E-state index is 0.0608. The molecule has 0 bridgehead atoms. The summed E-state index contributed by atoms with van der Waals surface area (Å²) in [6, 6.07) is 0. The molecule has 0 amide bonds. The van der Waals surface area contributed by atoms with Crippen LogP contribution < -0.4 is 0 Å². The average molecular weight is 172 g/mol. The van der Waals surface area contributed by atoms with Crippen molar-refractivity contribution in [1.29, 1.82) is 0 Å². The van der Waals surface area contributed by atoms with E-state index in [0.717, 1.165) is 0 Å². The van der Waals surface area contributed by atoms with Gasteiger partial charge < -0.3 is 14.9 Å². The minimum atomic E-state index is -0.447. The van der Waals surface area contributed by atoms with Crippen molar-refractivity contribution in [3.8, 4) is 0 Å². The summed E-state index contributed by atoms with van der Waals surface area (Å²) in [5, 5.41) is 18.6. The van der Waals surface area contributed by atoms with Gasteiger partial charge in [0.25, 0.3) is 0 Å². The lowest BCUT2D eigenvalue weighted by Crippen LogP contribution is -2.30. The average Bonchev–Trinajstić information content (AvgIpc) is 2.80. The van der Waals surface area contributed by atoms with E-state index in [1.165, 1.54) is 12.8 Å². The Morgan fingerprint density at radius 3 is 2.50 bits per heavy atom. The van der Waals surface area contributed by atoms with Crippen LogP contribution in [0.5, 0.6) is 0 Å². The van der Waals surface area contributed by atoms with E-state index in [9.17, 15) is 5.11 Å². The van der Waals surface area contributed by atoms with Gasteiger partial charge in [0, 0.05) is 5.92 Å². The number of ether oxygens (including phenoxy) is 1. The Bertz CT molecular complexity index is 167. The summed E-state index contributed by atoms with van der Waals surface area (Å²) in [5.74, 6) is 0.911. The Morgan fingerprint density at radius 2 is 2.08 bits per heavy atom. The molecule has 4 atom stereocenters. The van der Waals surface area contributed by atoms with Crippen LogP contribution in [0.3, 0.4) is 0 Å². The third-order valence-corrected chi connectivity index (χ3v) is 3.05. The second-order valence-electron chi connectivity index (χ2n) is 3.97. The SMILES string of the molecule is CC1OC(CO)C(O)C1C1CC1. The van der Waals surface area contributed by atoms with Gasteiger partial charge in [-0.1, -0.05) is 0 Å². The van der Waals surface area contributed by atoms with Crippen molar-refractivity contribution in [3.63, 3.8) is 0 Å². The van der Waals surface area contributed by atoms with Crippen LogP contribution in [0.4, 0.5) is 0 Å². The molecule has 0 aromatic carbocycles. The zero-order chi connectivity index (χ0) is 8.72. The fraction of sp³-hybridized carbons (Fsp3) is 1.00. The molecule has 1 aliphatic carbocycles. The molecule has 2 fully saturated rings. The number of hydrogen-bond donors (Lipinski definition) is 2. The molecule has 0 aromatic heterocycles. The summed E-state index contributed by atoms with van der Waals surface area (Å²) >= 11 is 0. The molecule has 0 spiro atoms. The van der Waals surface area contributed by atoms with E-state index < -0.39 is 6.10 Å². The van der Waals surface area contributed by atoms with E-state index in [-0.39, 0.29) is 24.7 Å². The molecule has 12 heavy (non-hydrogen) atoms. The second kappa shape index (κ2) is 2.98. The van der Waals surface area contributed by atoms with Crippen molar-refractivity contribution >= 4 is 0 Å². The number of aliphatic hydroxyl groups excluding tert-OH is 2. The van der Waals surface area contributed by atoms with Crippen LogP contribution in [0.15, 0.2) is 0 Å². The highest BCUT2D eigenvalue weighted by Crippen LogP contribution is 2.45. The summed E-state index contributed by atoms with van der Waals surface area (Å²) in [4.78, 5) is 0. The van der Waals surface area contributed by atoms with E-state index in [1.807, 2.05) is 6.92 Å². The van der Waals surface area contributed by atoms with Gasteiger partial charge in [0.15, 0.2) is 0 Å². The van der Waals surface area contributed by atoms with Gasteiger partial charge in [0.2, 0.25) is 0 Å². The van der Waals surface area contributed by atoms with Crippen LogP contribution in [0, 0.1) is 11.8 Å². The molecule has 2 N–H and O–H groups in total. The first-order valence-electron chi connectivity index (χ1n) is 4.68. The Hall–Kier alpha value is -0.120. The fourth-order valence-corrected chi connectivity index (χ4v) is 2.27. The molecule has 0 radical (unpaired) electrons. The Labute approximate surface area is 72.3 Å². The van der Waals surface area contributed by atoms with Gasteiger partial charge in [-0.05, 0) is 25.7 Å². The van der Waals surface area contributed by atoms with E-state index in [0.29, 0.717) is 5.92 Å². The van der Waals surface area contributed by atoms with Crippen molar-refractivity contribution in [2.45, 2.75) is 38.1 Å².